The van der Waals surface area contributed by atoms with Gasteiger partial charge in [-0.1, -0.05) is 6.07 Å². The van der Waals surface area contributed by atoms with Crippen molar-refractivity contribution in [2.45, 2.75) is 19.9 Å². The van der Waals surface area contributed by atoms with E-state index in [4.69, 9.17) is 4.42 Å². The van der Waals surface area contributed by atoms with Crippen molar-refractivity contribution in [2.24, 2.45) is 0 Å². The third-order valence-electron chi connectivity index (χ3n) is 3.31. The van der Waals surface area contributed by atoms with E-state index >= 15 is 0 Å². The number of anilines is 1. The van der Waals surface area contributed by atoms with E-state index in [1.165, 1.54) is 11.1 Å². The molecular formula is C15H16N2O2. The van der Waals surface area contributed by atoms with Crippen LogP contribution in [0.25, 0.3) is 0 Å². The minimum atomic E-state index is -0.211. The highest BCUT2D eigenvalue weighted by Gasteiger charge is 2.13. The molecule has 1 aromatic carbocycles. The Morgan fingerprint density at radius 3 is 2.95 bits per heavy atom. The van der Waals surface area contributed by atoms with Gasteiger partial charge in [-0.2, -0.15) is 0 Å². The molecule has 19 heavy (non-hydrogen) atoms. The number of aryl methyl sites for hydroxylation is 1. The second-order valence-electron chi connectivity index (χ2n) is 4.77. The largest absolute Gasteiger partial charge is 0.456 e. The Hall–Kier alpha value is -2.07. The van der Waals surface area contributed by atoms with E-state index in [2.05, 4.69) is 16.7 Å². The molecule has 0 unspecified atom stereocenters. The fourth-order valence-corrected chi connectivity index (χ4v) is 2.31. The van der Waals surface area contributed by atoms with Crippen molar-refractivity contribution < 1.29 is 9.21 Å². The molecule has 0 spiro atoms. The van der Waals surface area contributed by atoms with Crippen LogP contribution in [0.15, 0.2) is 34.7 Å². The lowest BCUT2D eigenvalue weighted by molar-refractivity contribution is 0.0995. The molecule has 2 aromatic rings. The van der Waals surface area contributed by atoms with E-state index in [0.717, 1.165) is 31.0 Å². The number of furan rings is 1. The average Bonchev–Trinajstić information content (AvgIpc) is 2.85. The molecule has 4 nitrogen and oxygen atoms in total. The zero-order valence-electron chi connectivity index (χ0n) is 10.8. The van der Waals surface area contributed by atoms with Gasteiger partial charge in [-0.05, 0) is 55.3 Å². The standard InChI is InChI=1S/C15H16N2O2/c1-10-2-5-14(19-10)15(18)17-13-4-3-11-6-7-16-9-12(11)8-13/h2-5,8,16H,6-7,9H2,1H3,(H,17,18). The van der Waals surface area contributed by atoms with Crippen molar-refractivity contribution in [3.63, 3.8) is 0 Å². The van der Waals surface area contributed by atoms with Crippen LogP contribution in [0, 0.1) is 6.92 Å². The minimum Gasteiger partial charge on any atom is -0.456 e. The van der Waals surface area contributed by atoms with E-state index in [0.29, 0.717) is 5.76 Å². The maximum atomic E-state index is 12.0. The third-order valence-corrected chi connectivity index (χ3v) is 3.31. The van der Waals surface area contributed by atoms with Gasteiger partial charge in [-0.3, -0.25) is 4.79 Å². The van der Waals surface area contributed by atoms with Crippen LogP contribution >= 0.6 is 0 Å². The van der Waals surface area contributed by atoms with Crippen LogP contribution in [-0.4, -0.2) is 12.5 Å². The van der Waals surface area contributed by atoms with E-state index < -0.39 is 0 Å². The van der Waals surface area contributed by atoms with Crippen LogP contribution in [0.2, 0.25) is 0 Å². The summed E-state index contributed by atoms with van der Waals surface area (Å²) in [5.74, 6) is 0.866. The summed E-state index contributed by atoms with van der Waals surface area (Å²) in [5.41, 5.74) is 3.41. The number of carbonyl (C=O) groups is 1. The molecule has 0 radical (unpaired) electrons. The number of rotatable bonds is 2. The van der Waals surface area contributed by atoms with E-state index in [9.17, 15) is 4.79 Å². The molecule has 2 heterocycles. The van der Waals surface area contributed by atoms with Crippen molar-refractivity contribution in [2.75, 3.05) is 11.9 Å². The number of hydrogen-bond donors (Lipinski definition) is 2. The number of nitrogens with one attached hydrogen (secondary N) is 2. The lowest BCUT2D eigenvalue weighted by Crippen LogP contribution is -2.23. The fraction of sp³-hybridized carbons (Fsp3) is 0.267. The Labute approximate surface area is 111 Å². The molecule has 0 aliphatic carbocycles. The first-order chi connectivity index (χ1) is 9.22. The lowest BCUT2D eigenvalue weighted by atomic mass is 10.0. The number of benzene rings is 1. The molecule has 4 heteroatoms. The topological polar surface area (TPSA) is 54.3 Å². The van der Waals surface area contributed by atoms with E-state index in [-0.39, 0.29) is 5.91 Å². The van der Waals surface area contributed by atoms with Gasteiger partial charge >= 0.3 is 0 Å². The molecule has 0 saturated carbocycles. The molecule has 98 valence electrons. The quantitative estimate of drug-likeness (QED) is 0.868. The molecule has 0 atom stereocenters. The molecule has 1 amide bonds. The third kappa shape index (κ3) is 2.53. The predicted molar refractivity (Wildman–Crippen MR) is 73.3 cm³/mol. The molecule has 1 aromatic heterocycles. The summed E-state index contributed by atoms with van der Waals surface area (Å²) in [6.07, 6.45) is 1.04. The minimum absolute atomic E-state index is 0.211. The van der Waals surface area contributed by atoms with Crippen LogP contribution in [0.4, 0.5) is 5.69 Å². The molecule has 2 N–H and O–H groups in total. The predicted octanol–water partition coefficient (Wildman–Crippen LogP) is 2.49. The number of carbonyl (C=O) groups excluding carboxylic acids is 1. The van der Waals surface area contributed by atoms with Crippen molar-refractivity contribution in [1.82, 2.24) is 5.32 Å². The second kappa shape index (κ2) is 4.90. The molecule has 1 aliphatic rings. The lowest BCUT2D eigenvalue weighted by Gasteiger charge is -2.17. The summed E-state index contributed by atoms with van der Waals surface area (Å²) < 4.78 is 5.31. The number of hydrogen-bond acceptors (Lipinski definition) is 3. The summed E-state index contributed by atoms with van der Waals surface area (Å²) >= 11 is 0. The number of fused-ring (bicyclic) bond motifs is 1. The van der Waals surface area contributed by atoms with Crippen molar-refractivity contribution in [3.05, 3.63) is 53.0 Å². The molecule has 0 bridgehead atoms. The summed E-state index contributed by atoms with van der Waals surface area (Å²) in [7, 11) is 0. The zero-order chi connectivity index (χ0) is 13.2. The van der Waals surface area contributed by atoms with Gasteiger partial charge in [0.1, 0.15) is 5.76 Å². The smallest absolute Gasteiger partial charge is 0.291 e. The Kier molecular flexibility index (Phi) is 3.09. The van der Waals surface area contributed by atoms with Crippen molar-refractivity contribution in [1.29, 1.82) is 0 Å². The summed E-state index contributed by atoms with van der Waals surface area (Å²) in [6, 6.07) is 9.52. The van der Waals surface area contributed by atoms with Gasteiger partial charge in [-0.25, -0.2) is 0 Å². The first-order valence-electron chi connectivity index (χ1n) is 6.43. The van der Waals surface area contributed by atoms with Crippen molar-refractivity contribution >= 4 is 11.6 Å². The zero-order valence-corrected chi connectivity index (χ0v) is 10.8. The van der Waals surface area contributed by atoms with Crippen molar-refractivity contribution in [3.8, 4) is 0 Å². The van der Waals surface area contributed by atoms with Crippen LogP contribution in [-0.2, 0) is 13.0 Å². The molecular weight excluding hydrogens is 240 g/mol. The molecule has 3 rings (SSSR count). The van der Waals surface area contributed by atoms with Crippen LogP contribution in [0.1, 0.15) is 27.4 Å². The van der Waals surface area contributed by atoms with E-state index in [1.54, 1.807) is 12.1 Å². The Morgan fingerprint density at radius 1 is 1.26 bits per heavy atom. The van der Waals surface area contributed by atoms with Crippen LogP contribution in [0.5, 0.6) is 0 Å². The number of amides is 1. The van der Waals surface area contributed by atoms with Crippen LogP contribution in [0.3, 0.4) is 0 Å². The molecule has 1 aliphatic heterocycles. The normalized spacial score (nSPS) is 13.9. The van der Waals surface area contributed by atoms with Gasteiger partial charge in [-0.15, -0.1) is 0 Å². The maximum Gasteiger partial charge on any atom is 0.291 e. The highest BCUT2D eigenvalue weighted by molar-refractivity contribution is 6.02. The Bertz CT molecular complexity index is 616. The Balaban J connectivity index is 1.78. The summed E-state index contributed by atoms with van der Waals surface area (Å²) in [6.45, 7) is 3.70. The van der Waals surface area contributed by atoms with Gasteiger partial charge in [0, 0.05) is 12.2 Å². The maximum absolute atomic E-state index is 12.0. The second-order valence-corrected chi connectivity index (χ2v) is 4.77. The van der Waals surface area contributed by atoms with Gasteiger partial charge in [0.05, 0.1) is 0 Å². The Morgan fingerprint density at radius 2 is 2.16 bits per heavy atom. The van der Waals surface area contributed by atoms with E-state index in [1.807, 2.05) is 19.1 Å². The summed E-state index contributed by atoms with van der Waals surface area (Å²) in [5, 5.41) is 6.19. The van der Waals surface area contributed by atoms with Gasteiger partial charge < -0.3 is 15.1 Å². The molecule has 0 saturated heterocycles. The van der Waals surface area contributed by atoms with Gasteiger partial charge in [0.25, 0.3) is 5.91 Å². The highest BCUT2D eigenvalue weighted by Crippen LogP contribution is 2.19. The highest BCUT2D eigenvalue weighted by atomic mass is 16.3. The summed E-state index contributed by atoms with van der Waals surface area (Å²) in [4.78, 5) is 12.0. The average molecular weight is 256 g/mol. The van der Waals surface area contributed by atoms with Gasteiger partial charge in [0.2, 0.25) is 0 Å². The van der Waals surface area contributed by atoms with Gasteiger partial charge in [0.15, 0.2) is 5.76 Å². The monoisotopic (exact) mass is 256 g/mol. The first-order valence-corrected chi connectivity index (χ1v) is 6.43. The van der Waals surface area contributed by atoms with Crippen LogP contribution < -0.4 is 10.6 Å². The first kappa shape index (κ1) is 12.0. The molecule has 0 fully saturated rings. The SMILES string of the molecule is Cc1ccc(C(=O)Nc2ccc3c(c2)CNCC3)o1. The fourth-order valence-electron chi connectivity index (χ4n) is 2.31.